The third-order valence-electron chi connectivity index (χ3n) is 4.33. The third kappa shape index (κ3) is 3.96. The van der Waals surface area contributed by atoms with Gasteiger partial charge in [0.2, 0.25) is 11.7 Å². The fraction of sp³-hybridized carbons (Fsp3) is 0.100. The summed E-state index contributed by atoms with van der Waals surface area (Å²) in [7, 11) is 0. The van der Waals surface area contributed by atoms with Crippen LogP contribution in [0.5, 0.6) is 0 Å². The normalized spacial score (nSPS) is 11.8. The lowest BCUT2D eigenvalue weighted by molar-refractivity contribution is -0.387. The predicted octanol–water partition coefficient (Wildman–Crippen LogP) is 2.71. The Morgan fingerprint density at radius 2 is 1.82 bits per heavy atom. The maximum atomic E-state index is 13.5. The Bertz CT molecular complexity index is 1080. The van der Waals surface area contributed by atoms with Crippen LogP contribution in [0.3, 0.4) is 0 Å². The molecule has 7 nitrogen and oxygen atoms in total. The molecule has 3 N–H and O–H groups in total. The van der Waals surface area contributed by atoms with E-state index in [0.717, 1.165) is 17.5 Å². The first-order chi connectivity index (χ1) is 13.4. The number of fused-ring (bicyclic) bond motifs is 1. The van der Waals surface area contributed by atoms with Crippen molar-refractivity contribution in [1.29, 1.82) is 0 Å². The van der Waals surface area contributed by atoms with Gasteiger partial charge in [0.05, 0.1) is 4.92 Å². The van der Waals surface area contributed by atoms with Crippen LogP contribution in [0.1, 0.15) is 15.9 Å². The van der Waals surface area contributed by atoms with Crippen molar-refractivity contribution < 1.29 is 18.9 Å². The van der Waals surface area contributed by atoms with Gasteiger partial charge < -0.3 is 11.1 Å². The Labute approximate surface area is 159 Å². The van der Waals surface area contributed by atoms with Crippen LogP contribution in [0.2, 0.25) is 0 Å². The van der Waals surface area contributed by atoms with Crippen molar-refractivity contribution in [3.05, 3.63) is 87.7 Å². The molecule has 0 aromatic heterocycles. The first-order valence-electron chi connectivity index (χ1n) is 8.37. The van der Waals surface area contributed by atoms with E-state index in [1.165, 1.54) is 6.07 Å². The van der Waals surface area contributed by atoms with Crippen LogP contribution in [-0.2, 0) is 11.2 Å². The molecule has 3 rings (SSSR count). The molecule has 0 aliphatic heterocycles. The monoisotopic (exact) mass is 381 g/mol. The van der Waals surface area contributed by atoms with Crippen molar-refractivity contribution in [1.82, 2.24) is 5.32 Å². The van der Waals surface area contributed by atoms with E-state index >= 15 is 0 Å². The highest BCUT2D eigenvalue weighted by molar-refractivity contribution is 6.08. The summed E-state index contributed by atoms with van der Waals surface area (Å²) in [4.78, 5) is 34.6. The first-order valence-corrected chi connectivity index (χ1v) is 8.37. The largest absolute Gasteiger partial charge is 0.368 e. The van der Waals surface area contributed by atoms with E-state index in [2.05, 4.69) is 5.32 Å². The van der Waals surface area contributed by atoms with E-state index in [-0.39, 0.29) is 6.42 Å². The molecule has 0 fully saturated rings. The predicted molar refractivity (Wildman–Crippen MR) is 101 cm³/mol. The van der Waals surface area contributed by atoms with Crippen molar-refractivity contribution in [2.24, 2.45) is 5.73 Å². The number of hydrogen-bond acceptors (Lipinski definition) is 4. The summed E-state index contributed by atoms with van der Waals surface area (Å²) in [5.74, 6) is -2.29. The molecule has 0 saturated heterocycles. The average Bonchev–Trinajstić information content (AvgIpc) is 2.68. The number of nitro benzene ring substituents is 1. The lowest BCUT2D eigenvalue weighted by Crippen LogP contribution is -2.45. The summed E-state index contributed by atoms with van der Waals surface area (Å²) < 4.78 is 13.5. The highest BCUT2D eigenvalue weighted by Gasteiger charge is 2.22. The van der Waals surface area contributed by atoms with Crippen LogP contribution in [-0.4, -0.2) is 22.8 Å². The Balaban J connectivity index is 1.85. The molecular weight excluding hydrogens is 365 g/mol. The first kappa shape index (κ1) is 19.0. The van der Waals surface area contributed by atoms with Crippen LogP contribution < -0.4 is 11.1 Å². The van der Waals surface area contributed by atoms with Crippen LogP contribution >= 0.6 is 0 Å². The molecule has 0 aliphatic carbocycles. The van der Waals surface area contributed by atoms with Gasteiger partial charge in [0.15, 0.2) is 0 Å². The second-order valence-corrected chi connectivity index (χ2v) is 6.20. The standard InChI is InChI=1S/C20H16FN3O4/c21-16-9-8-12(11-18(16)24(27)28)10-17(19(22)25)23-20(26)15-7-3-5-13-4-1-2-6-14(13)15/h1-9,11,17H,10H2,(H2,22,25)(H,23,26)/t17-/m1/s1. The molecule has 1 atom stereocenters. The van der Waals surface area contributed by atoms with Gasteiger partial charge >= 0.3 is 5.69 Å². The van der Waals surface area contributed by atoms with Crippen molar-refractivity contribution in [3.8, 4) is 0 Å². The topological polar surface area (TPSA) is 115 Å². The molecule has 3 aromatic rings. The number of carbonyl (C=O) groups excluding carboxylic acids is 2. The van der Waals surface area contributed by atoms with Crippen LogP contribution in [0.4, 0.5) is 10.1 Å². The summed E-state index contributed by atoms with van der Waals surface area (Å²) in [6.45, 7) is 0. The van der Waals surface area contributed by atoms with Gasteiger partial charge in [-0.1, -0.05) is 42.5 Å². The smallest absolute Gasteiger partial charge is 0.305 e. The lowest BCUT2D eigenvalue weighted by Gasteiger charge is -2.16. The number of amides is 2. The molecular formula is C20H16FN3O4. The number of halogens is 1. The van der Waals surface area contributed by atoms with Gasteiger partial charge in [-0.05, 0) is 28.5 Å². The van der Waals surface area contributed by atoms with Gasteiger partial charge in [-0.2, -0.15) is 4.39 Å². The molecule has 0 saturated carbocycles. The molecule has 3 aromatic carbocycles. The molecule has 0 unspecified atom stereocenters. The van der Waals surface area contributed by atoms with Gasteiger partial charge in [-0.3, -0.25) is 19.7 Å². The quantitative estimate of drug-likeness (QED) is 0.504. The van der Waals surface area contributed by atoms with Crippen molar-refractivity contribution in [2.45, 2.75) is 12.5 Å². The number of benzene rings is 3. The zero-order valence-electron chi connectivity index (χ0n) is 14.6. The van der Waals surface area contributed by atoms with Gasteiger partial charge in [0.1, 0.15) is 6.04 Å². The second kappa shape index (κ2) is 7.83. The number of nitrogens with one attached hydrogen (secondary N) is 1. The van der Waals surface area contributed by atoms with Gasteiger partial charge in [-0.15, -0.1) is 0 Å². The van der Waals surface area contributed by atoms with E-state index < -0.39 is 34.3 Å². The number of primary amides is 1. The Hall–Kier alpha value is -3.81. The van der Waals surface area contributed by atoms with E-state index in [1.54, 1.807) is 24.3 Å². The minimum atomic E-state index is -1.11. The Kier molecular flexibility index (Phi) is 5.30. The van der Waals surface area contributed by atoms with Crippen molar-refractivity contribution >= 4 is 28.3 Å². The number of nitrogens with two attached hydrogens (primary N) is 1. The Morgan fingerprint density at radius 3 is 2.54 bits per heavy atom. The van der Waals surface area contributed by atoms with Crippen LogP contribution in [0, 0.1) is 15.9 Å². The van der Waals surface area contributed by atoms with E-state index in [0.29, 0.717) is 16.5 Å². The highest BCUT2D eigenvalue weighted by atomic mass is 19.1. The summed E-state index contributed by atoms with van der Waals surface area (Å²) in [5, 5.41) is 15.0. The number of nitrogens with zero attached hydrogens (tertiary/aromatic N) is 1. The van der Waals surface area contributed by atoms with Crippen LogP contribution in [0.25, 0.3) is 10.8 Å². The fourth-order valence-electron chi connectivity index (χ4n) is 2.94. The molecule has 0 bridgehead atoms. The maximum absolute atomic E-state index is 13.5. The zero-order chi connectivity index (χ0) is 20.3. The third-order valence-corrected chi connectivity index (χ3v) is 4.33. The molecule has 0 aliphatic rings. The van der Waals surface area contributed by atoms with Crippen molar-refractivity contribution in [2.75, 3.05) is 0 Å². The van der Waals surface area contributed by atoms with E-state index in [1.807, 2.05) is 18.2 Å². The number of carbonyl (C=O) groups is 2. The minimum absolute atomic E-state index is 0.104. The molecule has 0 heterocycles. The number of rotatable bonds is 6. The Morgan fingerprint density at radius 1 is 1.11 bits per heavy atom. The number of nitro groups is 1. The van der Waals surface area contributed by atoms with Crippen molar-refractivity contribution in [3.63, 3.8) is 0 Å². The SMILES string of the molecule is NC(=O)[C@@H](Cc1ccc(F)c([N+](=O)[O-])c1)NC(=O)c1cccc2ccccc12. The molecule has 0 spiro atoms. The number of hydrogen-bond donors (Lipinski definition) is 2. The van der Waals surface area contributed by atoms with Gasteiger partial charge in [0, 0.05) is 18.1 Å². The van der Waals surface area contributed by atoms with Crippen LogP contribution in [0.15, 0.2) is 60.7 Å². The molecule has 8 heteroatoms. The van der Waals surface area contributed by atoms with E-state index in [9.17, 15) is 24.1 Å². The minimum Gasteiger partial charge on any atom is -0.368 e. The molecule has 28 heavy (non-hydrogen) atoms. The maximum Gasteiger partial charge on any atom is 0.305 e. The molecule has 0 radical (unpaired) electrons. The molecule has 142 valence electrons. The summed E-state index contributed by atoms with van der Waals surface area (Å²) in [6.07, 6.45) is -0.104. The fourth-order valence-corrected chi connectivity index (χ4v) is 2.94. The second-order valence-electron chi connectivity index (χ2n) is 6.20. The van der Waals surface area contributed by atoms with E-state index in [4.69, 9.17) is 5.73 Å². The molecule has 2 amide bonds. The highest BCUT2D eigenvalue weighted by Crippen LogP contribution is 2.21. The summed E-state index contributed by atoms with van der Waals surface area (Å²) >= 11 is 0. The summed E-state index contributed by atoms with van der Waals surface area (Å²) in [5.41, 5.74) is 5.35. The summed E-state index contributed by atoms with van der Waals surface area (Å²) in [6, 6.07) is 14.6. The van der Waals surface area contributed by atoms with Gasteiger partial charge in [-0.25, -0.2) is 0 Å². The van der Waals surface area contributed by atoms with Gasteiger partial charge in [0.25, 0.3) is 5.91 Å². The average molecular weight is 381 g/mol. The zero-order valence-corrected chi connectivity index (χ0v) is 14.6. The lowest BCUT2D eigenvalue weighted by atomic mass is 10.0.